The molecule has 0 radical (unpaired) electrons. The summed E-state index contributed by atoms with van der Waals surface area (Å²) in [7, 11) is 0. The van der Waals surface area contributed by atoms with E-state index in [9.17, 15) is 0 Å². The molecule has 0 aromatic rings. The predicted molar refractivity (Wildman–Crippen MR) is 104 cm³/mol. The van der Waals surface area contributed by atoms with Crippen molar-refractivity contribution in [2.75, 3.05) is 0 Å². The van der Waals surface area contributed by atoms with Gasteiger partial charge in [0.2, 0.25) is 0 Å². The largest absolute Gasteiger partial charge is 0.0467 e. The van der Waals surface area contributed by atoms with Gasteiger partial charge in [-0.2, -0.15) is 0 Å². The number of hydrogen-bond acceptors (Lipinski definition) is 0. The van der Waals surface area contributed by atoms with Crippen molar-refractivity contribution in [2.45, 2.75) is 25.7 Å². The van der Waals surface area contributed by atoms with E-state index in [2.05, 4.69) is 0 Å². The van der Waals surface area contributed by atoms with E-state index in [4.69, 9.17) is 0 Å². The van der Waals surface area contributed by atoms with Gasteiger partial charge in [-0.15, -0.1) is 0 Å². The first kappa shape index (κ1) is 11.4. The summed E-state index contributed by atoms with van der Waals surface area (Å²) in [5, 5.41) is 0. The molecule has 21 aliphatic carbocycles. The van der Waals surface area contributed by atoms with Crippen molar-refractivity contribution in [3.05, 3.63) is 0 Å². The molecule has 0 N–H and O–H groups in total. The van der Waals surface area contributed by atoms with E-state index in [1.165, 1.54) is 94.7 Å². The van der Waals surface area contributed by atoms with Crippen molar-refractivity contribution in [2.24, 2.45) is 160 Å². The molecule has 0 aliphatic heterocycles. The minimum Gasteiger partial charge on any atom is -0.0467 e. The van der Waals surface area contributed by atoms with Crippen LogP contribution < -0.4 is 0 Å². The third-order valence-electron chi connectivity index (χ3n) is 25.8. The zero-order chi connectivity index (χ0) is 18.1. The van der Waals surface area contributed by atoms with E-state index < -0.39 is 0 Å². The fourth-order valence-corrected chi connectivity index (χ4v) is 31.8. The highest BCUT2D eigenvalue weighted by molar-refractivity contribution is 5.99. The number of rotatable bonds is 0. The van der Waals surface area contributed by atoms with Gasteiger partial charge in [-0.05, 0) is 185 Å². The van der Waals surface area contributed by atoms with E-state index in [1.807, 2.05) is 6.42 Å². The number of fused-ring (bicyclic) bond motifs is 9. The first-order valence-corrected chi connectivity index (χ1v) is 15.9. The Morgan fingerprint density at radius 2 is 0.875 bits per heavy atom. The monoisotopic (exact) mass is 408 g/mol. The second-order valence-electron chi connectivity index (χ2n) is 20.0. The summed E-state index contributed by atoms with van der Waals surface area (Å²) in [5.41, 5.74) is 13.4. The molecule has 0 aromatic carbocycles. The second kappa shape index (κ2) is 1.81. The Bertz CT molecular complexity index is 1720. The van der Waals surface area contributed by atoms with Gasteiger partial charge < -0.3 is 0 Å². The molecule has 0 nitrogen and oxygen atoms in total. The SMILES string of the molecule is C1C2CC3C4C5C6CC7C8C9CC%10C%11C%12C%13C1C1C%14C2C32C%143C1%13C%121C%11%12C9%10C89C76C56C42C31C96%12. The highest BCUT2D eigenvalue weighted by Gasteiger charge is 3.54. The predicted octanol–water partition coefficient (Wildman–Crippen LogP) is 3.53. The van der Waals surface area contributed by atoms with E-state index >= 15 is 0 Å². The molecule has 28 unspecified atom stereocenters. The lowest BCUT2D eigenvalue weighted by molar-refractivity contribution is -1.09. The third-order valence-corrected chi connectivity index (χ3v) is 25.8. The molecule has 12 spiro atoms. The van der Waals surface area contributed by atoms with Crippen LogP contribution in [0.5, 0.6) is 0 Å². The van der Waals surface area contributed by atoms with Gasteiger partial charge in [0.15, 0.2) is 0 Å². The van der Waals surface area contributed by atoms with Gasteiger partial charge in [-0.25, -0.2) is 0 Å². The molecular formula is C32H24. The Labute approximate surface area is 185 Å². The van der Waals surface area contributed by atoms with E-state index in [1.54, 1.807) is 19.3 Å². The molecule has 0 heterocycles. The maximum Gasteiger partial charge on any atom is -0.00108 e. The minimum absolute atomic E-state index is 1.09. The zero-order valence-electron chi connectivity index (χ0n) is 18.1. The fraction of sp³-hybridized carbons (Fsp3) is 1.00. The van der Waals surface area contributed by atoms with Crippen LogP contribution in [0.25, 0.3) is 0 Å². The molecule has 152 valence electrons. The highest BCUT2D eigenvalue weighted by Crippen LogP contribution is 3.56. The van der Waals surface area contributed by atoms with Crippen LogP contribution in [0.4, 0.5) is 0 Å². The summed E-state index contributed by atoms with van der Waals surface area (Å²) in [4.78, 5) is 0. The first-order chi connectivity index (χ1) is 15.9. The lowest BCUT2D eigenvalue weighted by Gasteiger charge is -3.54. The molecule has 21 fully saturated rings. The van der Waals surface area contributed by atoms with E-state index in [0.717, 1.165) is 65.0 Å². The van der Waals surface area contributed by atoms with Gasteiger partial charge in [0.25, 0.3) is 0 Å². The second-order valence-corrected chi connectivity index (χ2v) is 20.0. The third kappa shape index (κ3) is 0.271. The molecule has 21 aliphatic rings. The summed E-state index contributed by atoms with van der Waals surface area (Å²) >= 11 is 0. The summed E-state index contributed by atoms with van der Waals surface area (Å²) < 4.78 is 0. The molecule has 0 saturated heterocycles. The lowest BCUT2D eigenvalue weighted by Crippen LogP contribution is -3.52. The van der Waals surface area contributed by atoms with Crippen LogP contribution in [-0.4, -0.2) is 0 Å². The molecule has 21 rings (SSSR count). The van der Waals surface area contributed by atoms with Gasteiger partial charge in [-0.1, -0.05) is 0 Å². The van der Waals surface area contributed by atoms with Crippen molar-refractivity contribution < 1.29 is 0 Å². The van der Waals surface area contributed by atoms with Crippen LogP contribution in [0.2, 0.25) is 0 Å². The van der Waals surface area contributed by atoms with Crippen LogP contribution >= 0.6 is 0 Å². The van der Waals surface area contributed by atoms with Crippen molar-refractivity contribution in [3.63, 3.8) is 0 Å². The molecule has 32 heavy (non-hydrogen) atoms. The van der Waals surface area contributed by atoms with Crippen molar-refractivity contribution >= 4 is 0 Å². The van der Waals surface area contributed by atoms with Crippen LogP contribution in [0.3, 0.4) is 0 Å². The van der Waals surface area contributed by atoms with Crippen molar-refractivity contribution in [1.82, 2.24) is 0 Å². The van der Waals surface area contributed by atoms with Crippen molar-refractivity contribution in [3.8, 4) is 0 Å². The Kier molecular flexibility index (Phi) is 0.645. The van der Waals surface area contributed by atoms with Gasteiger partial charge in [0.1, 0.15) is 0 Å². The standard InChI is InChI=1S/C32H24/c1-5-2-7-16-17-10-3-8-15-9-4-11-18-20-14-6(1)13-19-12(5)23(7)26(19)24(13,14)30(20)28(18)22(9,11)25(15)21(8,10)27(17)29(16,23)32(26,30)31(25,27)28/h5-20H,1-4H2. The maximum absolute atomic E-state index is 1.81. The molecule has 0 bridgehead atoms. The molecule has 0 amide bonds. The summed E-state index contributed by atoms with van der Waals surface area (Å²) in [6, 6.07) is 0. The van der Waals surface area contributed by atoms with Crippen LogP contribution in [0.1, 0.15) is 25.7 Å². The minimum atomic E-state index is 1.09. The average molecular weight is 409 g/mol. The van der Waals surface area contributed by atoms with Gasteiger partial charge in [-0.3, -0.25) is 0 Å². The highest BCUT2D eigenvalue weighted by atomic mass is 15.6. The normalized spacial score (nSPS) is 129. The smallest absolute Gasteiger partial charge is 0.00108 e. The molecule has 21 saturated carbocycles. The zero-order valence-corrected chi connectivity index (χ0v) is 18.1. The number of hydrogen-bond donors (Lipinski definition) is 0. The van der Waals surface area contributed by atoms with Crippen LogP contribution in [-0.2, 0) is 0 Å². The van der Waals surface area contributed by atoms with E-state index in [-0.39, 0.29) is 0 Å². The van der Waals surface area contributed by atoms with Gasteiger partial charge in [0, 0.05) is 0 Å². The fourth-order valence-electron chi connectivity index (χ4n) is 31.8. The summed E-state index contributed by atoms with van der Waals surface area (Å²) in [5.74, 6) is 21.7. The molecule has 28 atom stereocenters. The summed E-state index contributed by atoms with van der Waals surface area (Å²) in [6.45, 7) is 0. The Morgan fingerprint density at radius 3 is 1.62 bits per heavy atom. The Hall–Kier alpha value is 0. The molecular weight excluding hydrogens is 384 g/mol. The van der Waals surface area contributed by atoms with Crippen molar-refractivity contribution in [1.29, 1.82) is 0 Å². The molecule has 0 heteroatoms. The Morgan fingerprint density at radius 1 is 0.344 bits per heavy atom. The quantitative estimate of drug-likeness (QED) is 0.575. The van der Waals surface area contributed by atoms with Crippen LogP contribution in [0, 0.1) is 160 Å². The topological polar surface area (TPSA) is 0 Å². The maximum atomic E-state index is 1.81. The lowest BCUT2D eigenvalue weighted by atomic mass is 8.49. The van der Waals surface area contributed by atoms with Gasteiger partial charge in [0.05, 0.1) is 0 Å². The van der Waals surface area contributed by atoms with Crippen LogP contribution in [0.15, 0.2) is 0 Å². The average Bonchev–Trinajstić information content (AvgIpc) is 2.94. The Balaban J connectivity index is 1.11. The van der Waals surface area contributed by atoms with E-state index in [0.29, 0.717) is 0 Å². The first-order valence-electron chi connectivity index (χ1n) is 15.9. The van der Waals surface area contributed by atoms with Gasteiger partial charge >= 0.3 is 0 Å². The molecule has 0 aromatic heterocycles. The summed E-state index contributed by atoms with van der Waals surface area (Å²) in [6.07, 6.45) is 7.22.